The molecule has 7 nitrogen and oxygen atoms in total. The second-order valence-electron chi connectivity index (χ2n) is 8.76. The maximum absolute atomic E-state index is 14.0. The van der Waals surface area contributed by atoms with E-state index in [1.54, 1.807) is 24.4 Å². The van der Waals surface area contributed by atoms with Crippen molar-refractivity contribution in [1.82, 2.24) is 25.5 Å². The second-order valence-corrected chi connectivity index (χ2v) is 8.76. The van der Waals surface area contributed by atoms with Gasteiger partial charge in [0.2, 0.25) is 0 Å². The summed E-state index contributed by atoms with van der Waals surface area (Å²) in [6.07, 6.45) is 0.545. The Morgan fingerprint density at radius 2 is 1.78 bits per heavy atom. The fourth-order valence-corrected chi connectivity index (χ4v) is 4.10. The third-order valence-electron chi connectivity index (χ3n) is 5.46. The predicted octanol–water partition coefficient (Wildman–Crippen LogP) is 5.37. The lowest BCUT2D eigenvalue weighted by molar-refractivity contribution is 0.177. The fourth-order valence-electron chi connectivity index (χ4n) is 4.10. The van der Waals surface area contributed by atoms with Crippen molar-refractivity contribution in [3.05, 3.63) is 71.7 Å². The summed E-state index contributed by atoms with van der Waals surface area (Å²) in [4.78, 5) is 19.4. The number of aromatic amines is 2. The Hall–Kier alpha value is -3.75. The summed E-state index contributed by atoms with van der Waals surface area (Å²) >= 11 is 0. The minimum atomic E-state index is -1.23. The van der Waals surface area contributed by atoms with Crippen LogP contribution in [0.3, 0.4) is 0 Å². The second kappa shape index (κ2) is 8.07. The Kier molecular flexibility index (Phi) is 5.41. The van der Waals surface area contributed by atoms with Gasteiger partial charge < -0.3 is 15.4 Å². The van der Waals surface area contributed by atoms with Crippen molar-refractivity contribution in [2.24, 2.45) is 5.41 Å². The smallest absolute Gasteiger partial charge is 0.405 e. The topological polar surface area (TPSA) is 107 Å². The SMILES string of the molecule is CC(C)(C)C(c1c[nH]c2ccc(F)cc12)C(NC(=O)O)c1nc(-c2ccc(F)cc2)n[nH]1. The molecular weight excluding hydrogens is 416 g/mol. The lowest BCUT2D eigenvalue weighted by atomic mass is 9.72. The van der Waals surface area contributed by atoms with Crippen LogP contribution in [0.4, 0.5) is 13.6 Å². The highest BCUT2D eigenvalue weighted by molar-refractivity contribution is 5.84. The summed E-state index contributed by atoms with van der Waals surface area (Å²) in [5, 5.41) is 19.9. The van der Waals surface area contributed by atoms with Crippen molar-refractivity contribution in [2.75, 3.05) is 0 Å². The molecule has 2 atom stereocenters. The molecule has 0 saturated carbocycles. The zero-order valence-corrected chi connectivity index (χ0v) is 17.8. The van der Waals surface area contributed by atoms with Gasteiger partial charge in [-0.15, -0.1) is 0 Å². The molecule has 9 heteroatoms. The zero-order chi connectivity index (χ0) is 23.0. The van der Waals surface area contributed by atoms with Crippen LogP contribution in [0.1, 0.15) is 44.1 Å². The van der Waals surface area contributed by atoms with Crippen molar-refractivity contribution in [3.8, 4) is 11.4 Å². The van der Waals surface area contributed by atoms with Crippen LogP contribution in [0, 0.1) is 17.0 Å². The van der Waals surface area contributed by atoms with Crippen LogP contribution in [0.25, 0.3) is 22.3 Å². The molecule has 0 saturated heterocycles. The number of nitrogens with one attached hydrogen (secondary N) is 3. The molecule has 0 aliphatic rings. The van der Waals surface area contributed by atoms with Crippen LogP contribution in [-0.2, 0) is 0 Å². The van der Waals surface area contributed by atoms with E-state index in [0.29, 0.717) is 22.6 Å². The van der Waals surface area contributed by atoms with E-state index in [9.17, 15) is 18.7 Å². The Labute approximate surface area is 182 Å². The van der Waals surface area contributed by atoms with Crippen molar-refractivity contribution in [1.29, 1.82) is 0 Å². The van der Waals surface area contributed by atoms with Crippen molar-refractivity contribution < 1.29 is 18.7 Å². The standard InChI is InChI=1S/C23H23F2N5O2/c1-23(2,3)18(16-11-26-17-9-8-14(25)10-15(16)17)19(27-22(31)32)21-28-20(29-30-21)12-4-6-13(24)7-5-12/h4-11,18-19,26-27H,1-3H3,(H,31,32)(H,28,29,30). The van der Waals surface area contributed by atoms with Gasteiger partial charge in [0, 0.05) is 28.6 Å². The van der Waals surface area contributed by atoms with E-state index < -0.39 is 23.5 Å². The Balaban J connectivity index is 1.83. The molecule has 1 amide bonds. The lowest BCUT2D eigenvalue weighted by Gasteiger charge is -2.36. The fraction of sp³-hybridized carbons (Fsp3) is 0.261. The molecule has 0 bridgehead atoms. The van der Waals surface area contributed by atoms with Crippen LogP contribution >= 0.6 is 0 Å². The first-order valence-electron chi connectivity index (χ1n) is 10.1. The third kappa shape index (κ3) is 4.18. The van der Waals surface area contributed by atoms with Crippen LogP contribution < -0.4 is 5.32 Å². The number of benzene rings is 2. The summed E-state index contributed by atoms with van der Waals surface area (Å²) in [7, 11) is 0. The number of H-pyrrole nitrogens is 2. The van der Waals surface area contributed by atoms with Gasteiger partial charge >= 0.3 is 6.09 Å². The first-order valence-corrected chi connectivity index (χ1v) is 10.1. The highest BCUT2D eigenvalue weighted by Crippen LogP contribution is 2.46. The number of nitrogens with zero attached hydrogens (tertiary/aromatic N) is 2. The molecule has 2 aromatic carbocycles. The van der Waals surface area contributed by atoms with Gasteiger partial charge in [-0.1, -0.05) is 20.8 Å². The summed E-state index contributed by atoms with van der Waals surface area (Å²) in [5.74, 6) is -0.573. The van der Waals surface area contributed by atoms with Gasteiger partial charge in [-0.3, -0.25) is 5.10 Å². The molecule has 0 fully saturated rings. The molecule has 32 heavy (non-hydrogen) atoms. The van der Waals surface area contributed by atoms with E-state index in [4.69, 9.17) is 0 Å². The van der Waals surface area contributed by atoms with Gasteiger partial charge in [-0.25, -0.2) is 18.6 Å². The number of halogens is 2. The van der Waals surface area contributed by atoms with E-state index in [-0.39, 0.29) is 11.6 Å². The van der Waals surface area contributed by atoms with Gasteiger partial charge in [-0.2, -0.15) is 5.10 Å². The van der Waals surface area contributed by atoms with E-state index in [2.05, 4.69) is 25.5 Å². The molecule has 2 aromatic heterocycles. The molecule has 4 aromatic rings. The lowest BCUT2D eigenvalue weighted by Crippen LogP contribution is -2.37. The number of rotatable bonds is 5. The average molecular weight is 439 g/mol. The largest absolute Gasteiger partial charge is 0.465 e. The van der Waals surface area contributed by atoms with Gasteiger partial charge in [0.05, 0.1) is 6.04 Å². The molecule has 2 heterocycles. The Morgan fingerprint density at radius 1 is 1.09 bits per heavy atom. The first-order chi connectivity index (χ1) is 15.1. The third-order valence-corrected chi connectivity index (χ3v) is 5.46. The van der Waals surface area contributed by atoms with Gasteiger partial charge in [-0.05, 0) is 53.4 Å². The summed E-state index contributed by atoms with van der Waals surface area (Å²) in [6, 6.07) is 9.34. The minimum Gasteiger partial charge on any atom is -0.465 e. The number of carboxylic acid groups (broad SMARTS) is 1. The molecule has 4 rings (SSSR count). The molecular formula is C23H23F2N5O2. The first kappa shape index (κ1) is 21.5. The highest BCUT2D eigenvalue weighted by Gasteiger charge is 2.39. The van der Waals surface area contributed by atoms with Gasteiger partial charge in [0.25, 0.3) is 0 Å². The highest BCUT2D eigenvalue weighted by atomic mass is 19.1. The number of amides is 1. The number of fused-ring (bicyclic) bond motifs is 1. The molecule has 0 aliphatic heterocycles. The van der Waals surface area contributed by atoms with E-state index in [1.165, 1.54) is 24.3 Å². The van der Waals surface area contributed by atoms with Crippen LogP contribution in [0.5, 0.6) is 0 Å². The van der Waals surface area contributed by atoms with Crippen molar-refractivity contribution >= 4 is 17.0 Å². The predicted molar refractivity (Wildman–Crippen MR) is 116 cm³/mol. The number of hydrogen-bond acceptors (Lipinski definition) is 3. The minimum absolute atomic E-state index is 0.303. The number of aromatic nitrogens is 4. The molecule has 2 unspecified atom stereocenters. The zero-order valence-electron chi connectivity index (χ0n) is 17.8. The maximum atomic E-state index is 14.0. The molecule has 4 N–H and O–H groups in total. The number of hydrogen-bond donors (Lipinski definition) is 4. The van der Waals surface area contributed by atoms with Crippen LogP contribution in [-0.4, -0.2) is 31.4 Å². The summed E-state index contributed by atoms with van der Waals surface area (Å²) < 4.78 is 27.3. The summed E-state index contributed by atoms with van der Waals surface area (Å²) in [5.41, 5.74) is 1.64. The van der Waals surface area contributed by atoms with Crippen LogP contribution in [0.15, 0.2) is 48.7 Å². The molecule has 0 radical (unpaired) electrons. The van der Waals surface area contributed by atoms with Crippen molar-refractivity contribution in [3.63, 3.8) is 0 Å². The molecule has 0 spiro atoms. The maximum Gasteiger partial charge on any atom is 0.405 e. The number of carbonyl (C=O) groups is 1. The average Bonchev–Trinajstić information content (AvgIpc) is 3.34. The van der Waals surface area contributed by atoms with E-state index >= 15 is 0 Å². The monoisotopic (exact) mass is 439 g/mol. The van der Waals surface area contributed by atoms with Gasteiger partial charge in [0.1, 0.15) is 17.5 Å². The van der Waals surface area contributed by atoms with Gasteiger partial charge in [0.15, 0.2) is 5.82 Å². The van der Waals surface area contributed by atoms with E-state index in [0.717, 1.165) is 11.1 Å². The van der Waals surface area contributed by atoms with E-state index in [1.807, 2.05) is 20.8 Å². The Bertz CT molecular complexity index is 1260. The quantitative estimate of drug-likeness (QED) is 0.335. The molecule has 166 valence electrons. The normalized spacial score (nSPS) is 13.8. The Morgan fingerprint density at radius 3 is 2.44 bits per heavy atom. The summed E-state index contributed by atoms with van der Waals surface area (Å²) in [6.45, 7) is 5.93. The molecule has 0 aliphatic carbocycles. The van der Waals surface area contributed by atoms with Crippen molar-refractivity contribution in [2.45, 2.75) is 32.7 Å². The van der Waals surface area contributed by atoms with Crippen LogP contribution in [0.2, 0.25) is 0 Å².